The number of esters is 2. The van der Waals surface area contributed by atoms with Crippen LogP contribution in [-0.2, 0) is 23.6 Å². The van der Waals surface area contributed by atoms with Crippen LogP contribution in [0.3, 0.4) is 0 Å². The van der Waals surface area contributed by atoms with E-state index in [1.165, 1.54) is 12.2 Å². The summed E-state index contributed by atoms with van der Waals surface area (Å²) in [4.78, 5) is 40.7. The Labute approximate surface area is 117 Å². The number of rotatable bonds is 10. The van der Waals surface area contributed by atoms with Gasteiger partial charge >= 0.3 is 19.5 Å². The summed E-state index contributed by atoms with van der Waals surface area (Å²) in [6.45, 7) is 6.72. The summed E-state index contributed by atoms with van der Waals surface area (Å²) in [6, 6.07) is 0. The first-order valence-corrected chi connectivity index (χ1v) is 7.68. The highest BCUT2D eigenvalue weighted by Crippen LogP contribution is 2.38. The van der Waals surface area contributed by atoms with Crippen LogP contribution in [0.25, 0.3) is 0 Å². The molecule has 0 fully saturated rings. The van der Waals surface area contributed by atoms with Crippen molar-refractivity contribution < 1.29 is 33.4 Å². The highest BCUT2D eigenvalue weighted by Gasteiger charge is 2.29. The normalized spacial score (nSPS) is 12.3. The van der Waals surface area contributed by atoms with E-state index in [9.17, 15) is 14.2 Å². The summed E-state index contributed by atoms with van der Waals surface area (Å²) >= 11 is 0. The van der Waals surface area contributed by atoms with Gasteiger partial charge in [-0.05, 0) is 6.42 Å². The van der Waals surface area contributed by atoms with Crippen molar-refractivity contribution in [1.82, 2.24) is 0 Å². The van der Waals surface area contributed by atoms with Gasteiger partial charge in [-0.1, -0.05) is 25.3 Å². The highest BCUT2D eigenvalue weighted by atomic mass is 31.2. The number of ether oxygens (including phenoxy) is 2. The van der Waals surface area contributed by atoms with E-state index in [1.54, 1.807) is 0 Å². The monoisotopic (exact) mass is 306 g/mol. The highest BCUT2D eigenvalue weighted by molar-refractivity contribution is 7.51. The zero-order valence-corrected chi connectivity index (χ0v) is 12.0. The molecule has 0 radical (unpaired) electrons. The molecule has 114 valence electrons. The SMILES string of the molecule is C=CCOC(=O)CCC(CP(=O)(O)O)C(=O)OCC=C. The maximum absolute atomic E-state index is 11.6. The molecule has 0 aliphatic carbocycles. The molecule has 2 N–H and O–H groups in total. The molecule has 0 saturated heterocycles. The van der Waals surface area contributed by atoms with Gasteiger partial charge in [0.15, 0.2) is 0 Å². The maximum atomic E-state index is 11.6. The maximum Gasteiger partial charge on any atom is 0.326 e. The van der Waals surface area contributed by atoms with Crippen LogP contribution in [0.5, 0.6) is 0 Å². The van der Waals surface area contributed by atoms with E-state index in [-0.39, 0.29) is 26.1 Å². The minimum atomic E-state index is -4.38. The van der Waals surface area contributed by atoms with Crippen molar-refractivity contribution >= 4 is 19.5 Å². The first-order valence-electron chi connectivity index (χ1n) is 5.88. The van der Waals surface area contributed by atoms with Gasteiger partial charge in [-0.2, -0.15) is 0 Å². The van der Waals surface area contributed by atoms with Crippen LogP contribution < -0.4 is 0 Å². The standard InChI is InChI=1S/C12H19O7P/c1-3-7-18-11(13)6-5-10(9-20(15,16)17)12(14)19-8-4-2/h3-4,10H,1-2,5-9H2,(H2,15,16,17). The molecule has 1 unspecified atom stereocenters. The molecule has 0 bridgehead atoms. The van der Waals surface area contributed by atoms with Crippen LogP contribution in [0, 0.1) is 5.92 Å². The Morgan fingerprint density at radius 2 is 1.70 bits per heavy atom. The second kappa shape index (κ2) is 9.47. The average Bonchev–Trinajstić information content (AvgIpc) is 2.36. The van der Waals surface area contributed by atoms with Gasteiger partial charge in [-0.15, -0.1) is 0 Å². The second-order valence-electron chi connectivity index (χ2n) is 3.97. The van der Waals surface area contributed by atoms with E-state index in [1.807, 2.05) is 0 Å². The van der Waals surface area contributed by atoms with Gasteiger partial charge < -0.3 is 19.3 Å². The predicted octanol–water partition coefficient (Wildman–Crippen LogP) is 1.02. The van der Waals surface area contributed by atoms with E-state index in [0.717, 1.165) is 0 Å². The molecule has 1 atom stereocenters. The third kappa shape index (κ3) is 9.49. The largest absolute Gasteiger partial charge is 0.461 e. The molecule has 8 heteroatoms. The van der Waals surface area contributed by atoms with Gasteiger partial charge in [-0.25, -0.2) is 0 Å². The molecule has 0 aliphatic rings. The Balaban J connectivity index is 4.48. The Hall–Kier alpha value is -1.43. The van der Waals surface area contributed by atoms with E-state index in [2.05, 4.69) is 13.2 Å². The number of hydrogen-bond donors (Lipinski definition) is 2. The van der Waals surface area contributed by atoms with Crippen molar-refractivity contribution in [2.45, 2.75) is 12.8 Å². The quantitative estimate of drug-likeness (QED) is 0.352. The molecule has 0 amide bonds. The molecular weight excluding hydrogens is 287 g/mol. The lowest BCUT2D eigenvalue weighted by Gasteiger charge is -2.15. The molecule has 0 aromatic rings. The fourth-order valence-corrected chi connectivity index (χ4v) is 2.25. The van der Waals surface area contributed by atoms with Crippen LogP contribution in [0.1, 0.15) is 12.8 Å². The topological polar surface area (TPSA) is 110 Å². The van der Waals surface area contributed by atoms with Gasteiger partial charge in [-0.3, -0.25) is 14.2 Å². The molecular formula is C12H19O7P. The fraction of sp³-hybridized carbons (Fsp3) is 0.500. The average molecular weight is 306 g/mol. The number of carbonyl (C=O) groups is 2. The Morgan fingerprint density at radius 3 is 2.20 bits per heavy atom. The van der Waals surface area contributed by atoms with Crippen LogP contribution in [-0.4, -0.2) is 41.1 Å². The zero-order valence-electron chi connectivity index (χ0n) is 11.1. The Bertz CT molecular complexity index is 399. The summed E-state index contributed by atoms with van der Waals surface area (Å²) in [6.07, 6.45) is 1.87. The zero-order chi connectivity index (χ0) is 15.6. The third-order valence-electron chi connectivity index (χ3n) is 2.19. The van der Waals surface area contributed by atoms with E-state index in [4.69, 9.17) is 19.3 Å². The first kappa shape index (κ1) is 18.6. The predicted molar refractivity (Wildman–Crippen MR) is 71.9 cm³/mol. The van der Waals surface area contributed by atoms with Crippen molar-refractivity contribution in [3.8, 4) is 0 Å². The van der Waals surface area contributed by atoms with Crippen LogP contribution in [0.15, 0.2) is 25.3 Å². The summed E-state index contributed by atoms with van der Waals surface area (Å²) < 4.78 is 20.4. The Morgan fingerprint density at radius 1 is 1.15 bits per heavy atom. The Kier molecular flexibility index (Phi) is 8.79. The van der Waals surface area contributed by atoms with Crippen molar-refractivity contribution in [3.05, 3.63) is 25.3 Å². The van der Waals surface area contributed by atoms with Crippen LogP contribution >= 0.6 is 7.60 Å². The molecule has 0 heterocycles. The van der Waals surface area contributed by atoms with Crippen molar-refractivity contribution in [2.75, 3.05) is 19.4 Å². The summed E-state index contributed by atoms with van der Waals surface area (Å²) in [5, 5.41) is 0. The van der Waals surface area contributed by atoms with Gasteiger partial charge in [0, 0.05) is 6.42 Å². The fourth-order valence-electron chi connectivity index (χ4n) is 1.35. The number of hydrogen-bond acceptors (Lipinski definition) is 5. The minimum absolute atomic E-state index is 0.0445. The molecule has 7 nitrogen and oxygen atoms in total. The van der Waals surface area contributed by atoms with Gasteiger partial charge in [0.1, 0.15) is 13.2 Å². The van der Waals surface area contributed by atoms with Gasteiger partial charge in [0.2, 0.25) is 0 Å². The second-order valence-corrected chi connectivity index (χ2v) is 5.67. The smallest absolute Gasteiger partial charge is 0.326 e. The lowest BCUT2D eigenvalue weighted by atomic mass is 10.1. The first-order chi connectivity index (χ1) is 9.30. The molecule has 0 rings (SSSR count). The van der Waals surface area contributed by atoms with Crippen LogP contribution in [0.4, 0.5) is 0 Å². The third-order valence-corrected chi connectivity index (χ3v) is 3.11. The molecule has 0 aromatic carbocycles. The van der Waals surface area contributed by atoms with Crippen molar-refractivity contribution in [3.63, 3.8) is 0 Å². The molecule has 0 aliphatic heterocycles. The van der Waals surface area contributed by atoms with Crippen molar-refractivity contribution in [1.29, 1.82) is 0 Å². The molecule has 20 heavy (non-hydrogen) atoms. The summed E-state index contributed by atoms with van der Waals surface area (Å²) in [7, 11) is -4.38. The minimum Gasteiger partial charge on any atom is -0.461 e. The van der Waals surface area contributed by atoms with Crippen LogP contribution in [0.2, 0.25) is 0 Å². The van der Waals surface area contributed by atoms with Gasteiger partial charge in [0.25, 0.3) is 0 Å². The number of carbonyl (C=O) groups excluding carboxylic acids is 2. The van der Waals surface area contributed by atoms with E-state index >= 15 is 0 Å². The summed E-state index contributed by atoms with van der Waals surface area (Å²) in [5.41, 5.74) is 0. The molecule has 0 spiro atoms. The molecule has 0 saturated carbocycles. The van der Waals surface area contributed by atoms with E-state index < -0.39 is 31.6 Å². The van der Waals surface area contributed by atoms with Crippen molar-refractivity contribution in [2.24, 2.45) is 5.92 Å². The lowest BCUT2D eigenvalue weighted by Crippen LogP contribution is -2.23. The summed E-state index contributed by atoms with van der Waals surface area (Å²) in [5.74, 6) is -2.41. The molecule has 0 aromatic heterocycles. The lowest BCUT2D eigenvalue weighted by molar-refractivity contribution is -0.148. The van der Waals surface area contributed by atoms with E-state index in [0.29, 0.717) is 0 Å². The van der Waals surface area contributed by atoms with Gasteiger partial charge in [0.05, 0.1) is 12.1 Å².